The van der Waals surface area contributed by atoms with Crippen LogP contribution in [0.2, 0.25) is 0 Å². The molecule has 0 aliphatic heterocycles. The second-order valence-electron chi connectivity index (χ2n) is 7.45. The lowest BCUT2D eigenvalue weighted by atomic mass is 10.2. The molecule has 4 aromatic rings. The van der Waals surface area contributed by atoms with Crippen molar-refractivity contribution in [2.24, 2.45) is 13.0 Å². The highest BCUT2D eigenvalue weighted by Crippen LogP contribution is 2.33. The zero-order valence-electron chi connectivity index (χ0n) is 16.0. The Bertz CT molecular complexity index is 1260. The molecular formula is C22H20N4O3. The third-order valence-electron chi connectivity index (χ3n) is 5.26. The maximum atomic E-state index is 13.1. The average molecular weight is 388 g/mol. The molecule has 2 aromatic heterocycles. The van der Waals surface area contributed by atoms with Crippen molar-refractivity contribution >= 4 is 22.8 Å². The molecule has 1 amide bonds. The Balaban J connectivity index is 1.53. The first-order valence-corrected chi connectivity index (χ1v) is 9.64. The minimum Gasteiger partial charge on any atom is -0.407 e. The van der Waals surface area contributed by atoms with Crippen molar-refractivity contribution in [1.82, 2.24) is 14.3 Å². The van der Waals surface area contributed by atoms with E-state index in [-0.39, 0.29) is 11.5 Å². The number of hydrogen-bond donors (Lipinski definition) is 1. The van der Waals surface area contributed by atoms with Crippen molar-refractivity contribution in [1.29, 1.82) is 0 Å². The normalized spacial score (nSPS) is 13.7. The summed E-state index contributed by atoms with van der Waals surface area (Å²) in [5, 5.41) is 7.66. The van der Waals surface area contributed by atoms with E-state index in [9.17, 15) is 9.59 Å². The van der Waals surface area contributed by atoms with Gasteiger partial charge in [0.25, 0.3) is 5.91 Å². The molecule has 2 heterocycles. The summed E-state index contributed by atoms with van der Waals surface area (Å²) in [4.78, 5) is 24.9. The topological polar surface area (TPSA) is 82.1 Å². The number of rotatable bonds is 5. The number of aromatic nitrogens is 3. The van der Waals surface area contributed by atoms with Gasteiger partial charge in [0.2, 0.25) is 0 Å². The van der Waals surface area contributed by atoms with Crippen molar-refractivity contribution < 1.29 is 9.21 Å². The summed E-state index contributed by atoms with van der Waals surface area (Å²) in [7, 11) is 1.62. The van der Waals surface area contributed by atoms with Crippen molar-refractivity contribution in [2.75, 3.05) is 5.32 Å². The number of oxazole rings is 1. The second kappa shape index (κ2) is 6.77. The molecular weight excluding hydrogens is 368 g/mol. The second-order valence-corrected chi connectivity index (χ2v) is 7.45. The molecule has 29 heavy (non-hydrogen) atoms. The fraction of sp³-hybridized carbons (Fsp3) is 0.227. The monoisotopic (exact) mass is 388 g/mol. The lowest BCUT2D eigenvalue weighted by Gasteiger charge is -2.09. The van der Waals surface area contributed by atoms with Crippen LogP contribution in [-0.4, -0.2) is 20.3 Å². The zero-order valence-corrected chi connectivity index (χ0v) is 16.0. The number of benzene rings is 2. The quantitative estimate of drug-likeness (QED) is 0.567. The SMILES string of the molecule is Cn1c(=O)oc2c(C(=O)Nc3cc(CC4CC4)nn3-c3ccccc3)cccc21. The van der Waals surface area contributed by atoms with Crippen LogP contribution in [0.25, 0.3) is 16.8 Å². The van der Waals surface area contributed by atoms with Crippen molar-refractivity contribution in [3.05, 3.63) is 76.4 Å². The lowest BCUT2D eigenvalue weighted by molar-refractivity contribution is 0.102. The summed E-state index contributed by atoms with van der Waals surface area (Å²) in [6.07, 6.45) is 3.37. The van der Waals surface area contributed by atoms with E-state index < -0.39 is 5.76 Å². The number of amides is 1. The predicted molar refractivity (Wildman–Crippen MR) is 109 cm³/mol. The molecule has 0 unspecified atom stereocenters. The van der Waals surface area contributed by atoms with Gasteiger partial charge >= 0.3 is 5.76 Å². The number of carbonyl (C=O) groups is 1. The average Bonchev–Trinajstić information content (AvgIpc) is 3.39. The molecule has 1 aliphatic carbocycles. The Morgan fingerprint density at radius 1 is 1.17 bits per heavy atom. The van der Waals surface area contributed by atoms with Gasteiger partial charge in [0.05, 0.1) is 22.5 Å². The van der Waals surface area contributed by atoms with E-state index in [1.54, 1.807) is 29.9 Å². The van der Waals surface area contributed by atoms with Crippen LogP contribution in [0.15, 0.2) is 63.8 Å². The van der Waals surface area contributed by atoms with Gasteiger partial charge in [-0.1, -0.05) is 24.3 Å². The molecule has 7 heteroatoms. The number of carbonyl (C=O) groups excluding carboxylic acids is 1. The van der Waals surface area contributed by atoms with Gasteiger partial charge in [-0.2, -0.15) is 5.10 Å². The van der Waals surface area contributed by atoms with Crippen molar-refractivity contribution in [3.8, 4) is 5.69 Å². The fourth-order valence-corrected chi connectivity index (χ4v) is 3.52. The largest absolute Gasteiger partial charge is 0.419 e. The van der Waals surface area contributed by atoms with Gasteiger partial charge in [0.15, 0.2) is 5.58 Å². The summed E-state index contributed by atoms with van der Waals surface area (Å²) >= 11 is 0. The Morgan fingerprint density at radius 2 is 1.97 bits per heavy atom. The highest BCUT2D eigenvalue weighted by molar-refractivity contribution is 6.10. The Labute approximate surface area is 166 Å². The van der Waals surface area contributed by atoms with Gasteiger partial charge in [-0.05, 0) is 49.4 Å². The number of aryl methyl sites for hydroxylation is 1. The summed E-state index contributed by atoms with van der Waals surface area (Å²) in [5.41, 5.74) is 2.99. The van der Waals surface area contributed by atoms with Crippen LogP contribution in [0.4, 0.5) is 5.82 Å². The van der Waals surface area contributed by atoms with Crippen LogP contribution in [-0.2, 0) is 13.5 Å². The molecule has 1 aliphatic rings. The van der Waals surface area contributed by atoms with Crippen LogP contribution >= 0.6 is 0 Å². The number of nitrogens with zero attached hydrogens (tertiary/aromatic N) is 3. The first kappa shape index (κ1) is 17.5. The summed E-state index contributed by atoms with van der Waals surface area (Å²) in [5.74, 6) is 0.429. The Kier molecular flexibility index (Phi) is 4.08. The molecule has 0 radical (unpaired) electrons. The van der Waals surface area contributed by atoms with Crippen LogP contribution in [0.1, 0.15) is 28.9 Å². The number of para-hydroxylation sites is 2. The van der Waals surface area contributed by atoms with Crippen LogP contribution in [0.5, 0.6) is 0 Å². The summed E-state index contributed by atoms with van der Waals surface area (Å²) in [6, 6.07) is 16.7. The molecule has 2 aromatic carbocycles. The van der Waals surface area contributed by atoms with Gasteiger partial charge in [-0.15, -0.1) is 0 Å². The maximum Gasteiger partial charge on any atom is 0.419 e. The van der Waals surface area contributed by atoms with Crippen molar-refractivity contribution in [2.45, 2.75) is 19.3 Å². The molecule has 0 atom stereocenters. The lowest BCUT2D eigenvalue weighted by Crippen LogP contribution is -2.15. The maximum absolute atomic E-state index is 13.1. The minimum atomic E-state index is -0.499. The van der Waals surface area contributed by atoms with E-state index in [2.05, 4.69) is 5.32 Å². The molecule has 7 nitrogen and oxygen atoms in total. The van der Waals surface area contributed by atoms with Gasteiger partial charge < -0.3 is 9.73 Å². The summed E-state index contributed by atoms with van der Waals surface area (Å²) < 4.78 is 8.42. The number of fused-ring (bicyclic) bond motifs is 1. The van der Waals surface area contributed by atoms with E-state index in [4.69, 9.17) is 9.52 Å². The third-order valence-corrected chi connectivity index (χ3v) is 5.26. The summed E-state index contributed by atoms with van der Waals surface area (Å²) in [6.45, 7) is 0. The molecule has 0 saturated heterocycles. The van der Waals surface area contributed by atoms with Crippen LogP contribution in [0, 0.1) is 5.92 Å². The Hall–Kier alpha value is -3.61. The zero-order chi connectivity index (χ0) is 20.0. The van der Waals surface area contributed by atoms with Crippen LogP contribution < -0.4 is 11.1 Å². The molecule has 0 spiro atoms. The van der Waals surface area contributed by atoms with Gasteiger partial charge in [0, 0.05) is 13.1 Å². The van der Waals surface area contributed by atoms with E-state index >= 15 is 0 Å². The minimum absolute atomic E-state index is 0.279. The highest BCUT2D eigenvalue weighted by atomic mass is 16.4. The first-order valence-electron chi connectivity index (χ1n) is 9.64. The van der Waals surface area contributed by atoms with Crippen molar-refractivity contribution in [3.63, 3.8) is 0 Å². The van der Waals surface area contributed by atoms with E-state index in [0.717, 1.165) is 17.8 Å². The first-order chi connectivity index (χ1) is 14.1. The number of hydrogen-bond acceptors (Lipinski definition) is 4. The van der Waals surface area contributed by atoms with E-state index in [1.165, 1.54) is 17.4 Å². The third kappa shape index (κ3) is 3.24. The van der Waals surface area contributed by atoms with Crippen LogP contribution in [0.3, 0.4) is 0 Å². The van der Waals surface area contributed by atoms with Gasteiger partial charge in [-0.25, -0.2) is 9.48 Å². The molecule has 1 saturated carbocycles. The van der Waals surface area contributed by atoms with E-state index in [0.29, 0.717) is 22.8 Å². The van der Waals surface area contributed by atoms with Gasteiger partial charge in [-0.3, -0.25) is 9.36 Å². The molecule has 0 bridgehead atoms. The highest BCUT2D eigenvalue weighted by Gasteiger charge is 2.24. The fourth-order valence-electron chi connectivity index (χ4n) is 3.52. The van der Waals surface area contributed by atoms with E-state index in [1.807, 2.05) is 36.4 Å². The molecule has 146 valence electrons. The Morgan fingerprint density at radius 3 is 2.72 bits per heavy atom. The standard InChI is InChI=1S/C22H20N4O3/c1-25-18-9-5-8-17(20(18)29-22(25)28)21(27)23-19-13-15(12-14-10-11-14)24-26(19)16-6-3-2-4-7-16/h2-9,13-14H,10-12H2,1H3,(H,23,27). The van der Waals surface area contributed by atoms with Gasteiger partial charge in [0.1, 0.15) is 5.82 Å². The molecule has 1 fully saturated rings. The smallest absolute Gasteiger partial charge is 0.407 e. The molecule has 5 rings (SSSR count). The predicted octanol–water partition coefficient (Wildman–Crippen LogP) is 3.52. The number of anilines is 1. The number of nitrogens with one attached hydrogen (secondary N) is 1. The molecule has 1 N–H and O–H groups in total.